The lowest BCUT2D eigenvalue weighted by Crippen LogP contribution is -2.40. The Balaban J connectivity index is 1.72. The Morgan fingerprint density at radius 2 is 2.21 bits per heavy atom. The molecule has 0 bridgehead atoms. The van der Waals surface area contributed by atoms with Gasteiger partial charge in [0, 0.05) is 5.38 Å². The number of rotatable bonds is 6. The van der Waals surface area contributed by atoms with Crippen molar-refractivity contribution >= 4 is 23.3 Å². The van der Waals surface area contributed by atoms with Crippen LogP contribution in [0.2, 0.25) is 0 Å². The standard InChI is InChI=1S/C17H21N3O3S/c1-11(2)6-7-14-18-12(10-24-14)9-20-15(21)17(3,19-16(20)22)13-5-4-8-23-13/h4-5,8,10-11H,6-7,9H2,1-3H3,(H,19,22). The molecule has 3 heterocycles. The summed E-state index contributed by atoms with van der Waals surface area (Å²) in [7, 11) is 0. The van der Waals surface area contributed by atoms with Crippen LogP contribution in [0.3, 0.4) is 0 Å². The van der Waals surface area contributed by atoms with E-state index in [0.29, 0.717) is 11.7 Å². The summed E-state index contributed by atoms with van der Waals surface area (Å²) in [6, 6.07) is 2.97. The first-order valence-electron chi connectivity index (χ1n) is 8.01. The Kier molecular flexibility index (Phi) is 4.45. The second-order valence-corrected chi connectivity index (χ2v) is 7.53. The Bertz CT molecular complexity index is 738. The van der Waals surface area contributed by atoms with Crippen molar-refractivity contribution in [2.24, 2.45) is 5.92 Å². The van der Waals surface area contributed by atoms with Crippen LogP contribution in [0.15, 0.2) is 28.2 Å². The quantitative estimate of drug-likeness (QED) is 0.814. The van der Waals surface area contributed by atoms with Crippen molar-refractivity contribution in [1.82, 2.24) is 15.2 Å². The van der Waals surface area contributed by atoms with Gasteiger partial charge in [-0.05, 0) is 37.8 Å². The van der Waals surface area contributed by atoms with Crippen LogP contribution in [0, 0.1) is 5.92 Å². The van der Waals surface area contributed by atoms with Gasteiger partial charge in [0.1, 0.15) is 5.76 Å². The highest BCUT2D eigenvalue weighted by Crippen LogP contribution is 2.30. The van der Waals surface area contributed by atoms with Crippen LogP contribution >= 0.6 is 11.3 Å². The number of nitrogens with one attached hydrogen (secondary N) is 1. The molecule has 0 spiro atoms. The SMILES string of the molecule is CC(C)CCc1nc(CN2C(=O)NC(C)(c3ccco3)C2=O)cs1. The maximum absolute atomic E-state index is 12.7. The summed E-state index contributed by atoms with van der Waals surface area (Å²) in [5.41, 5.74) is -0.414. The lowest BCUT2D eigenvalue weighted by atomic mass is 9.99. The molecule has 6 nitrogen and oxygen atoms in total. The molecule has 0 aromatic carbocycles. The predicted octanol–water partition coefficient (Wildman–Crippen LogP) is 3.29. The smallest absolute Gasteiger partial charge is 0.325 e. The molecular formula is C17H21N3O3S. The topological polar surface area (TPSA) is 75.4 Å². The summed E-state index contributed by atoms with van der Waals surface area (Å²) in [5, 5.41) is 5.68. The molecule has 24 heavy (non-hydrogen) atoms. The first-order valence-corrected chi connectivity index (χ1v) is 8.89. The van der Waals surface area contributed by atoms with Crippen molar-refractivity contribution in [3.05, 3.63) is 40.2 Å². The zero-order valence-electron chi connectivity index (χ0n) is 14.0. The van der Waals surface area contributed by atoms with Gasteiger partial charge in [-0.3, -0.25) is 9.69 Å². The highest BCUT2D eigenvalue weighted by atomic mass is 32.1. The van der Waals surface area contributed by atoms with E-state index in [-0.39, 0.29) is 12.5 Å². The molecule has 2 aromatic rings. The number of imide groups is 1. The van der Waals surface area contributed by atoms with Crippen LogP contribution in [-0.2, 0) is 23.3 Å². The van der Waals surface area contributed by atoms with E-state index < -0.39 is 11.6 Å². The third-order valence-electron chi connectivity index (χ3n) is 4.14. The van der Waals surface area contributed by atoms with Crippen molar-refractivity contribution in [2.45, 2.75) is 45.7 Å². The summed E-state index contributed by atoms with van der Waals surface area (Å²) < 4.78 is 5.32. The molecule has 1 N–H and O–H groups in total. The Labute approximate surface area is 144 Å². The molecule has 1 aliphatic heterocycles. The molecule has 0 radical (unpaired) electrons. The minimum absolute atomic E-state index is 0.180. The largest absolute Gasteiger partial charge is 0.466 e. The molecule has 0 saturated carbocycles. The summed E-state index contributed by atoms with van der Waals surface area (Å²) in [4.78, 5) is 30.7. The van der Waals surface area contributed by atoms with Crippen LogP contribution < -0.4 is 5.32 Å². The number of carbonyl (C=O) groups excluding carboxylic acids is 2. The average molecular weight is 347 g/mol. The summed E-state index contributed by atoms with van der Waals surface area (Å²) in [6.07, 6.45) is 3.49. The molecule has 1 fully saturated rings. The van der Waals surface area contributed by atoms with Gasteiger partial charge < -0.3 is 9.73 Å². The van der Waals surface area contributed by atoms with Crippen LogP contribution in [0.25, 0.3) is 0 Å². The van der Waals surface area contributed by atoms with Gasteiger partial charge in [-0.25, -0.2) is 9.78 Å². The number of hydrogen-bond donors (Lipinski definition) is 1. The van der Waals surface area contributed by atoms with Crippen LogP contribution in [0.4, 0.5) is 4.79 Å². The fourth-order valence-corrected chi connectivity index (χ4v) is 3.49. The highest BCUT2D eigenvalue weighted by molar-refractivity contribution is 7.09. The Morgan fingerprint density at radius 1 is 1.42 bits per heavy atom. The van der Waals surface area contributed by atoms with Gasteiger partial charge in [-0.2, -0.15) is 0 Å². The number of urea groups is 1. The van der Waals surface area contributed by atoms with E-state index in [1.807, 2.05) is 5.38 Å². The van der Waals surface area contributed by atoms with Crippen molar-refractivity contribution < 1.29 is 14.0 Å². The Hall–Kier alpha value is -2.15. The summed E-state index contributed by atoms with van der Waals surface area (Å²) in [5.74, 6) is 0.732. The number of aromatic nitrogens is 1. The third-order valence-corrected chi connectivity index (χ3v) is 5.10. The Morgan fingerprint density at radius 3 is 2.88 bits per heavy atom. The van der Waals surface area contributed by atoms with E-state index in [1.54, 1.807) is 30.4 Å². The normalized spacial score (nSPS) is 20.9. The molecule has 7 heteroatoms. The first-order chi connectivity index (χ1) is 11.4. The number of hydrogen-bond acceptors (Lipinski definition) is 5. The van der Waals surface area contributed by atoms with Crippen molar-refractivity contribution in [3.8, 4) is 0 Å². The van der Waals surface area contributed by atoms with Crippen molar-refractivity contribution in [1.29, 1.82) is 0 Å². The van der Waals surface area contributed by atoms with Gasteiger partial charge in [0.05, 0.1) is 23.5 Å². The number of amides is 3. The summed E-state index contributed by atoms with van der Waals surface area (Å²) in [6.45, 7) is 6.19. The van der Waals surface area contributed by atoms with Gasteiger partial charge in [-0.1, -0.05) is 13.8 Å². The number of carbonyl (C=O) groups is 2. The molecule has 2 aromatic heterocycles. The number of nitrogens with zero attached hydrogens (tertiary/aromatic N) is 2. The molecule has 1 aliphatic rings. The average Bonchev–Trinajstić information content (AvgIpc) is 3.24. The van der Waals surface area contributed by atoms with Crippen molar-refractivity contribution in [2.75, 3.05) is 0 Å². The molecule has 1 atom stereocenters. The number of thiazole rings is 1. The van der Waals surface area contributed by atoms with E-state index in [1.165, 1.54) is 11.2 Å². The van der Waals surface area contributed by atoms with Crippen LogP contribution in [-0.4, -0.2) is 21.8 Å². The molecule has 1 unspecified atom stereocenters. The van der Waals surface area contributed by atoms with Crippen LogP contribution in [0.5, 0.6) is 0 Å². The lowest BCUT2D eigenvalue weighted by molar-refractivity contribution is -0.132. The molecule has 1 saturated heterocycles. The second kappa shape index (κ2) is 6.39. The maximum Gasteiger partial charge on any atom is 0.325 e. The van der Waals surface area contributed by atoms with Crippen molar-refractivity contribution in [3.63, 3.8) is 0 Å². The van der Waals surface area contributed by atoms with E-state index >= 15 is 0 Å². The highest BCUT2D eigenvalue weighted by Gasteiger charge is 2.51. The van der Waals surface area contributed by atoms with E-state index in [4.69, 9.17) is 4.42 Å². The van der Waals surface area contributed by atoms with Gasteiger partial charge in [-0.15, -0.1) is 11.3 Å². The maximum atomic E-state index is 12.7. The first kappa shape index (κ1) is 16.7. The third kappa shape index (κ3) is 3.08. The lowest BCUT2D eigenvalue weighted by Gasteiger charge is -2.18. The molecule has 128 valence electrons. The fourth-order valence-electron chi connectivity index (χ4n) is 2.68. The van der Waals surface area contributed by atoms with Gasteiger partial charge >= 0.3 is 6.03 Å². The van der Waals surface area contributed by atoms with E-state index in [2.05, 4.69) is 24.1 Å². The van der Waals surface area contributed by atoms with Crippen LogP contribution in [0.1, 0.15) is 43.7 Å². The fraction of sp³-hybridized carbons (Fsp3) is 0.471. The molecule has 3 amide bonds. The second-order valence-electron chi connectivity index (χ2n) is 6.59. The molecule has 3 rings (SSSR count). The van der Waals surface area contributed by atoms with E-state index in [0.717, 1.165) is 23.5 Å². The number of furan rings is 1. The molecular weight excluding hydrogens is 326 g/mol. The predicted molar refractivity (Wildman–Crippen MR) is 90.4 cm³/mol. The summed E-state index contributed by atoms with van der Waals surface area (Å²) >= 11 is 1.58. The zero-order valence-corrected chi connectivity index (χ0v) is 14.9. The zero-order chi connectivity index (χ0) is 17.3. The minimum Gasteiger partial charge on any atom is -0.466 e. The van der Waals surface area contributed by atoms with Gasteiger partial charge in [0.2, 0.25) is 0 Å². The minimum atomic E-state index is -1.16. The van der Waals surface area contributed by atoms with E-state index in [9.17, 15) is 9.59 Å². The van der Waals surface area contributed by atoms with Gasteiger partial charge in [0.15, 0.2) is 5.54 Å². The number of aryl methyl sites for hydroxylation is 1. The molecule has 0 aliphatic carbocycles. The monoisotopic (exact) mass is 347 g/mol. The van der Waals surface area contributed by atoms with Gasteiger partial charge in [0.25, 0.3) is 5.91 Å².